The van der Waals surface area contributed by atoms with Crippen LogP contribution in [0, 0.1) is 0 Å². The lowest BCUT2D eigenvalue weighted by Gasteiger charge is -2.05. The van der Waals surface area contributed by atoms with Gasteiger partial charge < -0.3 is 4.57 Å². The summed E-state index contributed by atoms with van der Waals surface area (Å²) in [6, 6.07) is 5.36. The maximum atomic E-state index is 11.1. The Morgan fingerprint density at radius 2 is 2.12 bits per heavy atom. The first-order valence-corrected chi connectivity index (χ1v) is 7.97. The normalized spacial score (nSPS) is 13.0. The van der Waals surface area contributed by atoms with Gasteiger partial charge in [0, 0.05) is 18.1 Å². The number of pyridine rings is 1. The highest BCUT2D eigenvalue weighted by molar-refractivity contribution is 9.09. The molecule has 16 heavy (non-hydrogen) atoms. The SMILES string of the molecule is CS(=O)(=O)N=c1ccccn1CCCCBr. The zero-order valence-electron chi connectivity index (χ0n) is 9.13. The molecule has 1 rings (SSSR count). The zero-order valence-corrected chi connectivity index (χ0v) is 11.5. The average Bonchev–Trinajstić information content (AvgIpc) is 2.19. The Labute approximate surface area is 104 Å². The van der Waals surface area contributed by atoms with E-state index in [1.54, 1.807) is 12.1 Å². The van der Waals surface area contributed by atoms with Crippen LogP contribution in [0.15, 0.2) is 28.8 Å². The molecule has 1 aromatic heterocycles. The molecular formula is C10H15BrN2O2S. The summed E-state index contributed by atoms with van der Waals surface area (Å²) in [5.41, 5.74) is 0.486. The van der Waals surface area contributed by atoms with E-state index in [4.69, 9.17) is 0 Å². The molecule has 0 aliphatic carbocycles. The summed E-state index contributed by atoms with van der Waals surface area (Å²) < 4.78 is 27.7. The van der Waals surface area contributed by atoms with Crippen molar-refractivity contribution >= 4 is 26.0 Å². The summed E-state index contributed by atoms with van der Waals surface area (Å²) in [5.74, 6) is 0. The van der Waals surface area contributed by atoms with Gasteiger partial charge in [0.05, 0.1) is 6.26 Å². The Morgan fingerprint density at radius 3 is 2.75 bits per heavy atom. The molecule has 0 spiro atoms. The highest BCUT2D eigenvalue weighted by Crippen LogP contribution is 1.96. The van der Waals surface area contributed by atoms with Crippen LogP contribution in [0.3, 0.4) is 0 Å². The minimum absolute atomic E-state index is 0.486. The second kappa shape index (κ2) is 6.20. The van der Waals surface area contributed by atoms with Crippen LogP contribution >= 0.6 is 15.9 Å². The van der Waals surface area contributed by atoms with Crippen molar-refractivity contribution in [2.45, 2.75) is 19.4 Å². The summed E-state index contributed by atoms with van der Waals surface area (Å²) in [6.45, 7) is 0.779. The molecule has 0 N–H and O–H groups in total. The number of aryl methyl sites for hydroxylation is 1. The number of unbranched alkanes of at least 4 members (excludes halogenated alkanes) is 1. The van der Waals surface area contributed by atoms with Crippen molar-refractivity contribution < 1.29 is 8.42 Å². The van der Waals surface area contributed by atoms with Gasteiger partial charge >= 0.3 is 0 Å². The Hall–Kier alpha value is -0.620. The number of rotatable bonds is 5. The predicted octanol–water partition coefficient (Wildman–Crippen LogP) is 1.52. The second-order valence-electron chi connectivity index (χ2n) is 3.47. The Kier molecular flexibility index (Phi) is 5.21. The van der Waals surface area contributed by atoms with Gasteiger partial charge in [0.1, 0.15) is 5.49 Å². The van der Waals surface area contributed by atoms with Crippen LogP contribution in [-0.2, 0) is 16.6 Å². The van der Waals surface area contributed by atoms with Gasteiger partial charge in [-0.05, 0) is 25.0 Å². The maximum Gasteiger partial charge on any atom is 0.252 e. The Bertz CT molecular complexity index is 494. The van der Waals surface area contributed by atoms with Gasteiger partial charge in [0.25, 0.3) is 10.0 Å². The van der Waals surface area contributed by atoms with E-state index in [9.17, 15) is 8.42 Å². The molecule has 0 saturated heterocycles. The molecule has 0 aromatic carbocycles. The molecule has 0 radical (unpaired) electrons. The van der Waals surface area contributed by atoms with Crippen LogP contribution in [0.25, 0.3) is 0 Å². The Balaban J connectivity index is 2.97. The van der Waals surface area contributed by atoms with Gasteiger partial charge in [-0.3, -0.25) is 0 Å². The van der Waals surface area contributed by atoms with Gasteiger partial charge in [-0.25, -0.2) is 8.42 Å². The summed E-state index contributed by atoms with van der Waals surface area (Å²) in [6.07, 6.45) is 4.99. The first kappa shape index (κ1) is 13.4. The number of aromatic nitrogens is 1. The molecule has 0 amide bonds. The van der Waals surface area contributed by atoms with Crippen molar-refractivity contribution in [3.63, 3.8) is 0 Å². The summed E-state index contributed by atoms with van der Waals surface area (Å²) in [4.78, 5) is 0. The van der Waals surface area contributed by atoms with E-state index in [-0.39, 0.29) is 0 Å². The molecule has 4 nitrogen and oxygen atoms in total. The third kappa shape index (κ3) is 4.94. The second-order valence-corrected chi connectivity index (χ2v) is 5.91. The number of hydrogen-bond donors (Lipinski definition) is 0. The van der Waals surface area contributed by atoms with Crippen LogP contribution in [0.2, 0.25) is 0 Å². The molecular weight excluding hydrogens is 292 g/mol. The number of sulfonamides is 1. The fraction of sp³-hybridized carbons (Fsp3) is 0.500. The summed E-state index contributed by atoms with van der Waals surface area (Å²) in [5, 5.41) is 0.957. The van der Waals surface area contributed by atoms with Crippen molar-refractivity contribution in [2.75, 3.05) is 11.6 Å². The van der Waals surface area contributed by atoms with Gasteiger partial charge in [-0.1, -0.05) is 22.0 Å². The van der Waals surface area contributed by atoms with E-state index in [1.165, 1.54) is 0 Å². The predicted molar refractivity (Wildman–Crippen MR) is 67.9 cm³/mol. The van der Waals surface area contributed by atoms with Gasteiger partial charge in [-0.15, -0.1) is 4.40 Å². The van der Waals surface area contributed by atoms with E-state index in [0.29, 0.717) is 5.49 Å². The lowest BCUT2D eigenvalue weighted by atomic mass is 10.3. The number of nitrogens with zero attached hydrogens (tertiary/aromatic N) is 2. The molecule has 0 aliphatic rings. The number of hydrogen-bond acceptors (Lipinski definition) is 2. The minimum Gasteiger partial charge on any atom is -0.332 e. The minimum atomic E-state index is -3.34. The monoisotopic (exact) mass is 306 g/mol. The first-order valence-electron chi connectivity index (χ1n) is 5.00. The molecule has 1 aromatic rings. The summed E-state index contributed by atoms with van der Waals surface area (Å²) >= 11 is 3.36. The lowest BCUT2D eigenvalue weighted by molar-refractivity contribution is 0.592. The van der Waals surface area contributed by atoms with Crippen LogP contribution in [0.4, 0.5) is 0 Å². The third-order valence-corrected chi connectivity index (χ3v) is 3.04. The van der Waals surface area contributed by atoms with Crippen molar-refractivity contribution in [3.05, 3.63) is 29.9 Å². The van der Waals surface area contributed by atoms with Crippen molar-refractivity contribution in [1.82, 2.24) is 4.57 Å². The van der Waals surface area contributed by atoms with Gasteiger partial charge in [0.2, 0.25) is 0 Å². The lowest BCUT2D eigenvalue weighted by Crippen LogP contribution is -2.21. The van der Waals surface area contributed by atoms with Gasteiger partial charge in [-0.2, -0.15) is 0 Å². The highest BCUT2D eigenvalue weighted by atomic mass is 79.9. The van der Waals surface area contributed by atoms with Crippen molar-refractivity contribution in [1.29, 1.82) is 0 Å². The van der Waals surface area contributed by atoms with Crippen LogP contribution < -0.4 is 5.49 Å². The molecule has 0 unspecified atom stereocenters. The van der Waals surface area contributed by atoms with Crippen LogP contribution in [0.1, 0.15) is 12.8 Å². The summed E-state index contributed by atoms with van der Waals surface area (Å²) in [7, 11) is -3.34. The van der Waals surface area contributed by atoms with Crippen molar-refractivity contribution in [3.8, 4) is 0 Å². The van der Waals surface area contributed by atoms with E-state index in [1.807, 2.05) is 16.8 Å². The van der Waals surface area contributed by atoms with Crippen LogP contribution in [-0.4, -0.2) is 24.6 Å². The van der Waals surface area contributed by atoms with E-state index < -0.39 is 10.0 Å². The fourth-order valence-electron chi connectivity index (χ4n) is 1.29. The molecule has 1 heterocycles. The molecule has 0 fully saturated rings. The van der Waals surface area contributed by atoms with E-state index in [2.05, 4.69) is 20.3 Å². The topological polar surface area (TPSA) is 51.4 Å². The van der Waals surface area contributed by atoms with Crippen LogP contribution in [0.5, 0.6) is 0 Å². The molecule has 0 bridgehead atoms. The smallest absolute Gasteiger partial charge is 0.252 e. The average molecular weight is 307 g/mol. The third-order valence-electron chi connectivity index (χ3n) is 1.96. The molecule has 0 saturated carbocycles. The fourth-order valence-corrected chi connectivity index (χ4v) is 2.19. The van der Waals surface area contributed by atoms with E-state index in [0.717, 1.165) is 31.0 Å². The van der Waals surface area contributed by atoms with Crippen molar-refractivity contribution in [2.24, 2.45) is 4.40 Å². The highest BCUT2D eigenvalue weighted by Gasteiger charge is 1.98. The first-order chi connectivity index (χ1) is 7.53. The number of alkyl halides is 1. The molecule has 6 heteroatoms. The number of halogens is 1. The molecule has 90 valence electrons. The maximum absolute atomic E-state index is 11.1. The largest absolute Gasteiger partial charge is 0.332 e. The van der Waals surface area contributed by atoms with Gasteiger partial charge in [0.15, 0.2) is 0 Å². The van der Waals surface area contributed by atoms with E-state index >= 15 is 0 Å². The standard InChI is InChI=1S/C10H15BrN2O2S/c1-16(14,15)12-10-6-2-4-8-13(10)9-5-3-7-11/h2,4,6,8H,3,5,7,9H2,1H3. The quantitative estimate of drug-likeness (QED) is 0.612. The molecule has 0 atom stereocenters. The Morgan fingerprint density at radius 1 is 1.38 bits per heavy atom. The zero-order chi connectivity index (χ0) is 12.0. The molecule has 0 aliphatic heterocycles.